The Kier molecular flexibility index (Phi) is 3.66. The highest BCUT2D eigenvalue weighted by Crippen LogP contribution is 2.13. The summed E-state index contributed by atoms with van der Waals surface area (Å²) in [5.74, 6) is 1.04. The average Bonchev–Trinajstić information content (AvgIpc) is 2.78. The van der Waals surface area contributed by atoms with Gasteiger partial charge in [-0.1, -0.05) is 6.07 Å². The number of esters is 1. The highest BCUT2D eigenvalue weighted by atomic mass is 16.5. The summed E-state index contributed by atoms with van der Waals surface area (Å²) in [7, 11) is 3.17. The van der Waals surface area contributed by atoms with Crippen LogP contribution in [0.25, 0.3) is 11.5 Å². The molecule has 0 atom stereocenters. The number of carbonyl (C=O) groups is 1. The Morgan fingerprint density at radius 2 is 2.28 bits per heavy atom. The van der Waals surface area contributed by atoms with Gasteiger partial charge in [0.25, 0.3) is 0 Å². The van der Waals surface area contributed by atoms with Gasteiger partial charge in [-0.05, 0) is 12.1 Å². The lowest BCUT2D eigenvalue weighted by Crippen LogP contribution is -2.03. The van der Waals surface area contributed by atoms with Crippen LogP contribution < -0.4 is 0 Å². The van der Waals surface area contributed by atoms with Crippen LogP contribution in [0.4, 0.5) is 0 Å². The van der Waals surface area contributed by atoms with Crippen LogP contribution in [-0.2, 0) is 23.0 Å². The second-order valence-electron chi connectivity index (χ2n) is 3.77. The Morgan fingerprint density at radius 1 is 1.44 bits per heavy atom. The molecule has 6 heteroatoms. The van der Waals surface area contributed by atoms with Gasteiger partial charge in [0.15, 0.2) is 11.6 Å². The zero-order valence-corrected chi connectivity index (χ0v) is 10.3. The van der Waals surface area contributed by atoms with Crippen molar-refractivity contribution in [1.82, 2.24) is 19.7 Å². The minimum atomic E-state index is -0.262. The molecule has 0 aliphatic carbocycles. The van der Waals surface area contributed by atoms with Crippen LogP contribution in [0.3, 0.4) is 0 Å². The van der Waals surface area contributed by atoms with E-state index in [2.05, 4.69) is 19.8 Å². The van der Waals surface area contributed by atoms with Crippen molar-refractivity contribution in [2.75, 3.05) is 7.11 Å². The number of aryl methyl sites for hydroxylation is 2. The van der Waals surface area contributed by atoms with Gasteiger partial charge in [0.2, 0.25) is 0 Å². The van der Waals surface area contributed by atoms with Gasteiger partial charge in [0.1, 0.15) is 5.69 Å². The van der Waals surface area contributed by atoms with Crippen LogP contribution in [0, 0.1) is 0 Å². The quantitative estimate of drug-likeness (QED) is 0.752. The van der Waals surface area contributed by atoms with E-state index < -0.39 is 0 Å². The fourth-order valence-corrected chi connectivity index (χ4v) is 1.58. The summed E-state index contributed by atoms with van der Waals surface area (Å²) in [4.78, 5) is 19.6. The van der Waals surface area contributed by atoms with Crippen LogP contribution >= 0.6 is 0 Å². The number of aromatic nitrogens is 4. The van der Waals surface area contributed by atoms with Gasteiger partial charge < -0.3 is 4.74 Å². The van der Waals surface area contributed by atoms with Gasteiger partial charge in [0.05, 0.1) is 13.5 Å². The summed E-state index contributed by atoms with van der Waals surface area (Å²) in [5, 5.41) is 4.25. The van der Waals surface area contributed by atoms with Gasteiger partial charge in [0, 0.05) is 19.7 Å². The first-order chi connectivity index (χ1) is 8.70. The molecule has 0 spiro atoms. The molecule has 0 radical (unpaired) electrons. The van der Waals surface area contributed by atoms with Gasteiger partial charge >= 0.3 is 5.97 Å². The third kappa shape index (κ3) is 2.71. The highest BCUT2D eigenvalue weighted by Gasteiger charge is 2.11. The van der Waals surface area contributed by atoms with Crippen LogP contribution in [0.2, 0.25) is 0 Å². The minimum Gasteiger partial charge on any atom is -0.469 e. The lowest BCUT2D eigenvalue weighted by atomic mass is 10.3. The molecule has 2 rings (SSSR count). The lowest BCUT2D eigenvalue weighted by molar-refractivity contribution is -0.140. The molecule has 2 heterocycles. The summed E-state index contributed by atoms with van der Waals surface area (Å²) in [6.45, 7) is 0. The Hall–Kier alpha value is -2.24. The summed E-state index contributed by atoms with van der Waals surface area (Å²) < 4.78 is 6.24. The summed E-state index contributed by atoms with van der Waals surface area (Å²) >= 11 is 0. The SMILES string of the molecule is COC(=O)CCc1nc(-c2ccccn2)n(C)n1. The first-order valence-corrected chi connectivity index (χ1v) is 5.59. The van der Waals surface area contributed by atoms with Gasteiger partial charge in [-0.3, -0.25) is 9.78 Å². The first kappa shape index (κ1) is 12.2. The molecule has 0 bridgehead atoms. The number of rotatable bonds is 4. The third-order valence-corrected chi connectivity index (χ3v) is 2.48. The molecule has 2 aromatic heterocycles. The molecule has 0 saturated carbocycles. The Labute approximate surface area is 105 Å². The topological polar surface area (TPSA) is 69.9 Å². The fourth-order valence-electron chi connectivity index (χ4n) is 1.58. The van der Waals surface area contributed by atoms with E-state index in [1.807, 2.05) is 18.2 Å². The normalized spacial score (nSPS) is 10.3. The molecule has 0 aliphatic rings. The zero-order chi connectivity index (χ0) is 13.0. The van der Waals surface area contributed by atoms with Crippen molar-refractivity contribution in [2.24, 2.45) is 7.05 Å². The fraction of sp³-hybridized carbons (Fsp3) is 0.333. The number of nitrogens with zero attached hydrogens (tertiary/aromatic N) is 4. The molecule has 0 aliphatic heterocycles. The molecular formula is C12H14N4O2. The van der Waals surface area contributed by atoms with Gasteiger partial charge in [-0.15, -0.1) is 0 Å². The highest BCUT2D eigenvalue weighted by molar-refractivity contribution is 5.69. The molecule has 18 heavy (non-hydrogen) atoms. The van der Waals surface area contributed by atoms with E-state index in [-0.39, 0.29) is 12.4 Å². The number of pyridine rings is 1. The molecular weight excluding hydrogens is 232 g/mol. The number of hydrogen-bond donors (Lipinski definition) is 0. The molecule has 0 saturated heterocycles. The number of hydrogen-bond acceptors (Lipinski definition) is 5. The van der Waals surface area contributed by atoms with E-state index in [0.717, 1.165) is 5.69 Å². The second kappa shape index (κ2) is 5.39. The van der Waals surface area contributed by atoms with Crippen molar-refractivity contribution in [3.63, 3.8) is 0 Å². The predicted octanol–water partition coefficient (Wildman–Crippen LogP) is 0.983. The smallest absolute Gasteiger partial charge is 0.305 e. The average molecular weight is 246 g/mol. The van der Waals surface area contributed by atoms with E-state index >= 15 is 0 Å². The van der Waals surface area contributed by atoms with Crippen LogP contribution in [-0.4, -0.2) is 32.8 Å². The van der Waals surface area contributed by atoms with Crippen LogP contribution in [0.5, 0.6) is 0 Å². The van der Waals surface area contributed by atoms with Crippen molar-refractivity contribution in [3.05, 3.63) is 30.2 Å². The number of ether oxygens (including phenoxy) is 1. The maximum atomic E-state index is 11.0. The Morgan fingerprint density at radius 3 is 2.94 bits per heavy atom. The molecule has 0 aromatic carbocycles. The standard InChI is InChI=1S/C12H14N4O2/c1-16-12(9-5-3-4-8-13-9)14-10(15-16)6-7-11(17)18-2/h3-5,8H,6-7H2,1-2H3. The summed E-state index contributed by atoms with van der Waals surface area (Å²) in [6.07, 6.45) is 2.45. The maximum absolute atomic E-state index is 11.0. The van der Waals surface area contributed by atoms with E-state index in [1.54, 1.807) is 17.9 Å². The zero-order valence-electron chi connectivity index (χ0n) is 10.3. The third-order valence-electron chi connectivity index (χ3n) is 2.48. The second-order valence-corrected chi connectivity index (χ2v) is 3.77. The molecule has 2 aromatic rings. The van der Waals surface area contributed by atoms with E-state index in [0.29, 0.717) is 18.1 Å². The Balaban J connectivity index is 2.15. The minimum absolute atomic E-state index is 0.262. The van der Waals surface area contributed by atoms with Crippen LogP contribution in [0.1, 0.15) is 12.2 Å². The largest absolute Gasteiger partial charge is 0.469 e. The van der Waals surface area contributed by atoms with Gasteiger partial charge in [-0.25, -0.2) is 9.67 Å². The van der Waals surface area contributed by atoms with Crippen molar-refractivity contribution >= 4 is 5.97 Å². The van der Waals surface area contributed by atoms with Crippen molar-refractivity contribution in [2.45, 2.75) is 12.8 Å². The monoisotopic (exact) mass is 246 g/mol. The van der Waals surface area contributed by atoms with E-state index in [1.165, 1.54) is 7.11 Å². The van der Waals surface area contributed by atoms with Crippen molar-refractivity contribution in [3.8, 4) is 11.5 Å². The summed E-state index contributed by atoms with van der Waals surface area (Å²) in [5.41, 5.74) is 0.761. The number of methoxy groups -OCH3 is 1. The first-order valence-electron chi connectivity index (χ1n) is 5.59. The van der Waals surface area contributed by atoms with Crippen molar-refractivity contribution < 1.29 is 9.53 Å². The van der Waals surface area contributed by atoms with E-state index in [9.17, 15) is 4.79 Å². The number of carbonyl (C=O) groups excluding carboxylic acids is 1. The molecule has 6 nitrogen and oxygen atoms in total. The predicted molar refractivity (Wildman–Crippen MR) is 64.6 cm³/mol. The maximum Gasteiger partial charge on any atom is 0.305 e. The van der Waals surface area contributed by atoms with Crippen LogP contribution in [0.15, 0.2) is 24.4 Å². The molecule has 94 valence electrons. The molecule has 0 fully saturated rings. The Bertz CT molecular complexity index is 536. The molecule has 0 unspecified atom stereocenters. The van der Waals surface area contributed by atoms with Crippen molar-refractivity contribution in [1.29, 1.82) is 0 Å². The lowest BCUT2D eigenvalue weighted by Gasteiger charge is -1.96. The molecule has 0 N–H and O–H groups in total. The molecule has 0 amide bonds. The van der Waals surface area contributed by atoms with E-state index in [4.69, 9.17) is 0 Å². The van der Waals surface area contributed by atoms with Gasteiger partial charge in [-0.2, -0.15) is 5.10 Å². The summed E-state index contributed by atoms with van der Waals surface area (Å²) in [6, 6.07) is 5.61.